The summed E-state index contributed by atoms with van der Waals surface area (Å²) in [6.07, 6.45) is 1.54. The lowest BCUT2D eigenvalue weighted by molar-refractivity contribution is 0.0929. The van der Waals surface area contributed by atoms with Gasteiger partial charge in [-0.05, 0) is 59.2 Å². The maximum atomic E-state index is 12.6. The van der Waals surface area contributed by atoms with Gasteiger partial charge >= 0.3 is 5.91 Å². The van der Waals surface area contributed by atoms with Crippen molar-refractivity contribution in [1.29, 1.82) is 0 Å². The fourth-order valence-corrected chi connectivity index (χ4v) is 3.97. The number of aryl methyl sites for hydroxylation is 1. The summed E-state index contributed by atoms with van der Waals surface area (Å²) in [5, 5.41) is 7.09. The van der Waals surface area contributed by atoms with Crippen LogP contribution in [0.15, 0.2) is 94.4 Å². The van der Waals surface area contributed by atoms with Crippen molar-refractivity contribution in [2.45, 2.75) is 13.5 Å². The Morgan fingerprint density at radius 3 is 2.69 bits per heavy atom. The third-order valence-corrected chi connectivity index (χ3v) is 5.69. The second-order valence-electron chi connectivity index (χ2n) is 8.20. The largest absolute Gasteiger partial charge is 0.493 e. The Balaban J connectivity index is 1.26. The predicted octanol–water partition coefficient (Wildman–Crippen LogP) is 6.25. The van der Waals surface area contributed by atoms with Gasteiger partial charge in [0.15, 0.2) is 17.3 Å². The molecule has 0 bridgehead atoms. The van der Waals surface area contributed by atoms with E-state index in [0.717, 1.165) is 27.3 Å². The van der Waals surface area contributed by atoms with Crippen LogP contribution < -0.4 is 14.9 Å². The fourth-order valence-electron chi connectivity index (χ4n) is 3.97. The van der Waals surface area contributed by atoms with Gasteiger partial charge in [0, 0.05) is 5.39 Å². The summed E-state index contributed by atoms with van der Waals surface area (Å²) in [7, 11) is 1.59. The van der Waals surface area contributed by atoms with Crippen LogP contribution in [-0.2, 0) is 6.61 Å². The summed E-state index contributed by atoms with van der Waals surface area (Å²) >= 11 is 0. The van der Waals surface area contributed by atoms with E-state index in [4.69, 9.17) is 13.9 Å². The van der Waals surface area contributed by atoms with E-state index in [1.165, 1.54) is 5.56 Å². The molecule has 0 fully saturated rings. The molecule has 6 heteroatoms. The van der Waals surface area contributed by atoms with Gasteiger partial charge in [0.05, 0.1) is 13.3 Å². The van der Waals surface area contributed by atoms with Crippen LogP contribution in [0.3, 0.4) is 0 Å². The Bertz CT molecular complexity index is 1550. The number of nitrogens with one attached hydrogen (secondary N) is 1. The summed E-state index contributed by atoms with van der Waals surface area (Å²) in [4.78, 5) is 12.6. The average molecular weight is 465 g/mol. The summed E-state index contributed by atoms with van der Waals surface area (Å²) in [6, 6.07) is 27.2. The highest BCUT2D eigenvalue weighted by atomic mass is 16.5. The smallest absolute Gasteiger partial charge is 0.307 e. The minimum atomic E-state index is -0.424. The van der Waals surface area contributed by atoms with Crippen molar-refractivity contribution < 1.29 is 18.7 Å². The summed E-state index contributed by atoms with van der Waals surface area (Å²) in [5.41, 5.74) is 6.20. The van der Waals surface area contributed by atoms with Crippen molar-refractivity contribution in [3.63, 3.8) is 0 Å². The van der Waals surface area contributed by atoms with E-state index in [0.29, 0.717) is 23.7 Å². The molecule has 0 atom stereocenters. The zero-order valence-electron chi connectivity index (χ0n) is 19.4. The van der Waals surface area contributed by atoms with Crippen molar-refractivity contribution in [1.82, 2.24) is 5.43 Å². The van der Waals surface area contributed by atoms with Crippen LogP contribution >= 0.6 is 0 Å². The first-order valence-electron chi connectivity index (χ1n) is 11.2. The van der Waals surface area contributed by atoms with Crippen molar-refractivity contribution in [2.75, 3.05) is 7.11 Å². The topological polar surface area (TPSA) is 73.1 Å². The zero-order valence-corrected chi connectivity index (χ0v) is 19.4. The Hall–Kier alpha value is -4.58. The predicted molar refractivity (Wildman–Crippen MR) is 137 cm³/mol. The lowest BCUT2D eigenvalue weighted by Gasteiger charge is -2.11. The SMILES string of the molecule is COc1cc(C=NNC(=O)c2cc3c(ccc4ccccc43)o2)ccc1OCc1cccc(C)c1. The lowest BCUT2D eigenvalue weighted by Crippen LogP contribution is -2.16. The monoisotopic (exact) mass is 464 g/mol. The molecule has 4 aromatic carbocycles. The third kappa shape index (κ3) is 4.87. The number of hydrazone groups is 1. The number of amides is 1. The van der Waals surface area contributed by atoms with Crippen molar-refractivity contribution in [3.8, 4) is 11.5 Å². The van der Waals surface area contributed by atoms with Crippen LogP contribution in [-0.4, -0.2) is 19.2 Å². The van der Waals surface area contributed by atoms with Gasteiger partial charge in [-0.25, -0.2) is 5.43 Å². The van der Waals surface area contributed by atoms with Gasteiger partial charge in [0.1, 0.15) is 12.2 Å². The van der Waals surface area contributed by atoms with Crippen LogP contribution in [0.4, 0.5) is 0 Å². The summed E-state index contributed by atoms with van der Waals surface area (Å²) < 4.78 is 17.1. The van der Waals surface area contributed by atoms with Crippen LogP contribution in [0.1, 0.15) is 27.2 Å². The first-order valence-corrected chi connectivity index (χ1v) is 11.2. The maximum absolute atomic E-state index is 12.6. The molecule has 0 aliphatic rings. The van der Waals surface area contributed by atoms with E-state index in [9.17, 15) is 4.79 Å². The van der Waals surface area contributed by atoms with E-state index >= 15 is 0 Å². The van der Waals surface area contributed by atoms with Crippen LogP contribution in [0.25, 0.3) is 21.7 Å². The molecule has 0 saturated heterocycles. The molecule has 0 radical (unpaired) electrons. The number of methoxy groups -OCH3 is 1. The van der Waals surface area contributed by atoms with Gasteiger partial charge in [-0.1, -0.05) is 60.2 Å². The number of carbonyl (C=O) groups excluding carboxylic acids is 1. The highest BCUT2D eigenvalue weighted by Gasteiger charge is 2.13. The van der Waals surface area contributed by atoms with Crippen LogP contribution in [0.2, 0.25) is 0 Å². The van der Waals surface area contributed by atoms with Gasteiger partial charge in [-0.15, -0.1) is 0 Å². The minimum Gasteiger partial charge on any atom is -0.493 e. The van der Waals surface area contributed by atoms with E-state index in [-0.39, 0.29) is 5.76 Å². The van der Waals surface area contributed by atoms with Crippen molar-refractivity contribution >= 4 is 33.9 Å². The van der Waals surface area contributed by atoms with Gasteiger partial charge < -0.3 is 13.9 Å². The number of rotatable bonds is 7. The molecule has 0 aliphatic heterocycles. The fraction of sp³-hybridized carbons (Fsp3) is 0.103. The molecule has 0 unspecified atom stereocenters. The third-order valence-electron chi connectivity index (χ3n) is 5.69. The normalized spacial score (nSPS) is 11.3. The Morgan fingerprint density at radius 2 is 1.83 bits per heavy atom. The number of hydrogen-bond acceptors (Lipinski definition) is 5. The Kier molecular flexibility index (Phi) is 6.18. The lowest BCUT2D eigenvalue weighted by atomic mass is 10.1. The van der Waals surface area contributed by atoms with Crippen molar-refractivity contribution in [3.05, 3.63) is 107 Å². The maximum Gasteiger partial charge on any atom is 0.307 e. The van der Waals surface area contributed by atoms with E-state index in [1.54, 1.807) is 25.5 Å². The standard InChI is InChI=1S/C29H24N2O4/c1-19-6-5-7-21(14-19)18-34-26-12-10-20(15-27(26)33-2)17-30-31-29(32)28-16-24-23-9-4-3-8-22(23)11-13-25(24)35-28/h3-17H,18H2,1-2H3,(H,31,32). The average Bonchev–Trinajstić information content (AvgIpc) is 3.33. The minimum absolute atomic E-state index is 0.200. The molecule has 6 nitrogen and oxygen atoms in total. The number of furan rings is 1. The van der Waals surface area contributed by atoms with E-state index in [2.05, 4.69) is 16.6 Å². The zero-order chi connectivity index (χ0) is 24.2. The molecule has 5 rings (SSSR count). The van der Waals surface area contributed by atoms with Crippen molar-refractivity contribution in [2.24, 2.45) is 5.10 Å². The molecular weight excluding hydrogens is 440 g/mol. The number of carbonyl (C=O) groups is 1. The second kappa shape index (κ2) is 9.73. The quantitative estimate of drug-likeness (QED) is 0.228. The summed E-state index contributed by atoms with van der Waals surface area (Å²) in [5.74, 6) is 0.986. The van der Waals surface area contributed by atoms with E-state index in [1.807, 2.05) is 73.7 Å². The first-order chi connectivity index (χ1) is 17.1. The highest BCUT2D eigenvalue weighted by Crippen LogP contribution is 2.29. The molecule has 0 saturated carbocycles. The number of ether oxygens (including phenoxy) is 2. The Labute approximate surface area is 202 Å². The molecule has 1 amide bonds. The van der Waals surface area contributed by atoms with Gasteiger partial charge in [-0.3, -0.25) is 4.79 Å². The molecule has 5 aromatic rings. The molecule has 174 valence electrons. The number of benzene rings is 4. The van der Waals surface area contributed by atoms with Gasteiger partial charge in [-0.2, -0.15) is 5.10 Å². The second-order valence-corrected chi connectivity index (χ2v) is 8.20. The highest BCUT2D eigenvalue weighted by molar-refractivity contribution is 6.08. The molecule has 0 spiro atoms. The Morgan fingerprint density at radius 1 is 0.943 bits per heavy atom. The molecule has 0 aliphatic carbocycles. The van der Waals surface area contributed by atoms with Gasteiger partial charge in [0.25, 0.3) is 0 Å². The summed E-state index contributed by atoms with van der Waals surface area (Å²) in [6.45, 7) is 2.49. The van der Waals surface area contributed by atoms with Crippen LogP contribution in [0, 0.1) is 6.92 Å². The van der Waals surface area contributed by atoms with Crippen LogP contribution in [0.5, 0.6) is 11.5 Å². The molecule has 1 N–H and O–H groups in total. The molecule has 1 heterocycles. The van der Waals surface area contributed by atoms with E-state index < -0.39 is 5.91 Å². The van der Waals surface area contributed by atoms with Gasteiger partial charge in [0.2, 0.25) is 0 Å². The molecule has 35 heavy (non-hydrogen) atoms. The molecular formula is C29H24N2O4. The first kappa shape index (κ1) is 22.2. The number of nitrogens with zero attached hydrogens (tertiary/aromatic N) is 1. The molecule has 1 aromatic heterocycles. The number of fused-ring (bicyclic) bond motifs is 3. The number of hydrogen-bond donors (Lipinski definition) is 1.